The quantitative estimate of drug-likeness (QED) is 0.538. The lowest BCUT2D eigenvalue weighted by Gasteiger charge is -2.28. The molecule has 0 aliphatic carbocycles. The first kappa shape index (κ1) is 18.8. The molecule has 1 atom stereocenters. The average molecular weight is 393 g/mol. The van der Waals surface area contributed by atoms with Gasteiger partial charge in [0.1, 0.15) is 5.69 Å². The lowest BCUT2D eigenvalue weighted by Crippen LogP contribution is -2.40. The Kier molecular flexibility index (Phi) is 5.81. The third kappa shape index (κ3) is 4.14. The van der Waals surface area contributed by atoms with E-state index in [1.807, 2.05) is 72.5 Å². The standard InChI is InChI=1S/C23H24N2O2S/c1-17(22(26)25-15-9-4-10-16-25)28-23-24-20(18-11-5-2-6-12-18)21(27-23)19-13-7-3-8-14-19/h2-3,5-8,11-14,17H,4,9-10,15-16H2,1H3. The summed E-state index contributed by atoms with van der Waals surface area (Å²) in [6, 6.07) is 20.0. The maximum atomic E-state index is 12.8. The number of oxazole rings is 1. The van der Waals surface area contributed by atoms with E-state index < -0.39 is 0 Å². The smallest absolute Gasteiger partial charge is 0.257 e. The molecule has 0 spiro atoms. The van der Waals surface area contributed by atoms with Crippen LogP contribution in [0.4, 0.5) is 0 Å². The molecule has 4 rings (SSSR count). The predicted octanol–water partition coefficient (Wildman–Crippen LogP) is 5.50. The summed E-state index contributed by atoms with van der Waals surface area (Å²) in [5.41, 5.74) is 2.80. The fraction of sp³-hybridized carbons (Fsp3) is 0.304. The van der Waals surface area contributed by atoms with Gasteiger partial charge in [-0.3, -0.25) is 4.79 Å². The second kappa shape index (κ2) is 8.65. The van der Waals surface area contributed by atoms with E-state index >= 15 is 0 Å². The molecule has 3 aromatic rings. The summed E-state index contributed by atoms with van der Waals surface area (Å²) in [7, 11) is 0. The van der Waals surface area contributed by atoms with Gasteiger partial charge in [0.15, 0.2) is 5.76 Å². The average Bonchev–Trinajstić information content (AvgIpc) is 3.19. The Bertz CT molecular complexity index is 861. The van der Waals surface area contributed by atoms with E-state index in [4.69, 9.17) is 9.40 Å². The van der Waals surface area contributed by atoms with Gasteiger partial charge in [0.25, 0.3) is 5.22 Å². The van der Waals surface area contributed by atoms with Crippen molar-refractivity contribution in [1.29, 1.82) is 0 Å². The normalized spacial score (nSPS) is 15.4. The molecule has 0 N–H and O–H groups in total. The zero-order chi connectivity index (χ0) is 19.3. The van der Waals surface area contributed by atoms with E-state index in [0.29, 0.717) is 5.22 Å². The van der Waals surface area contributed by atoms with Gasteiger partial charge in [-0.2, -0.15) is 0 Å². The van der Waals surface area contributed by atoms with E-state index in [2.05, 4.69) is 0 Å². The molecule has 1 fully saturated rings. The maximum Gasteiger partial charge on any atom is 0.257 e. The van der Waals surface area contributed by atoms with Crippen molar-refractivity contribution in [1.82, 2.24) is 9.88 Å². The van der Waals surface area contributed by atoms with Crippen molar-refractivity contribution in [2.75, 3.05) is 13.1 Å². The third-order valence-corrected chi connectivity index (χ3v) is 5.92. The Morgan fingerprint density at radius 3 is 2.21 bits per heavy atom. The monoisotopic (exact) mass is 392 g/mol. The van der Waals surface area contributed by atoms with Crippen LogP contribution in [-0.2, 0) is 4.79 Å². The predicted molar refractivity (Wildman–Crippen MR) is 113 cm³/mol. The summed E-state index contributed by atoms with van der Waals surface area (Å²) in [4.78, 5) is 19.5. The number of carbonyl (C=O) groups excluding carboxylic acids is 1. The number of piperidine rings is 1. The Balaban J connectivity index is 1.61. The van der Waals surface area contributed by atoms with Crippen LogP contribution in [-0.4, -0.2) is 34.1 Å². The number of amides is 1. The van der Waals surface area contributed by atoms with Crippen LogP contribution < -0.4 is 0 Å². The van der Waals surface area contributed by atoms with Crippen molar-refractivity contribution in [3.63, 3.8) is 0 Å². The molecule has 1 unspecified atom stereocenters. The zero-order valence-corrected chi connectivity index (χ0v) is 16.8. The van der Waals surface area contributed by atoms with Crippen LogP contribution >= 0.6 is 11.8 Å². The van der Waals surface area contributed by atoms with Crippen LogP contribution in [0.2, 0.25) is 0 Å². The minimum absolute atomic E-state index is 0.172. The molecule has 0 bridgehead atoms. The van der Waals surface area contributed by atoms with E-state index in [-0.39, 0.29) is 11.2 Å². The number of hydrogen-bond acceptors (Lipinski definition) is 4. The number of likely N-dealkylation sites (tertiary alicyclic amines) is 1. The molecule has 1 amide bonds. The number of rotatable bonds is 5. The SMILES string of the molecule is CC(Sc1nc(-c2ccccc2)c(-c2ccccc2)o1)C(=O)N1CCCCC1. The van der Waals surface area contributed by atoms with Crippen LogP contribution in [0.3, 0.4) is 0 Å². The molecule has 1 aromatic heterocycles. The molecule has 2 aromatic carbocycles. The summed E-state index contributed by atoms with van der Waals surface area (Å²) < 4.78 is 6.14. The Morgan fingerprint density at radius 1 is 0.964 bits per heavy atom. The van der Waals surface area contributed by atoms with Gasteiger partial charge >= 0.3 is 0 Å². The summed E-state index contributed by atoms with van der Waals surface area (Å²) in [5, 5.41) is 0.319. The summed E-state index contributed by atoms with van der Waals surface area (Å²) in [6.45, 7) is 3.66. The Labute approximate surface area is 170 Å². The van der Waals surface area contributed by atoms with Gasteiger partial charge in [0, 0.05) is 24.2 Å². The molecular formula is C23H24N2O2S. The van der Waals surface area contributed by atoms with Crippen LogP contribution in [0, 0.1) is 0 Å². The maximum absolute atomic E-state index is 12.8. The molecule has 5 heteroatoms. The summed E-state index contributed by atoms with van der Waals surface area (Å²) in [6.07, 6.45) is 3.41. The summed E-state index contributed by atoms with van der Waals surface area (Å²) >= 11 is 1.40. The van der Waals surface area contributed by atoms with Gasteiger partial charge < -0.3 is 9.32 Å². The number of nitrogens with zero attached hydrogens (tertiary/aromatic N) is 2. The second-order valence-electron chi connectivity index (χ2n) is 7.04. The molecule has 0 saturated carbocycles. The highest BCUT2D eigenvalue weighted by Crippen LogP contribution is 2.37. The lowest BCUT2D eigenvalue weighted by molar-refractivity contribution is -0.131. The van der Waals surface area contributed by atoms with Gasteiger partial charge in [0.2, 0.25) is 5.91 Å². The molecule has 144 valence electrons. The van der Waals surface area contributed by atoms with E-state index in [1.165, 1.54) is 18.2 Å². The van der Waals surface area contributed by atoms with Crippen molar-refractivity contribution in [3.05, 3.63) is 60.7 Å². The van der Waals surface area contributed by atoms with Crippen molar-refractivity contribution < 1.29 is 9.21 Å². The fourth-order valence-electron chi connectivity index (χ4n) is 3.50. The van der Waals surface area contributed by atoms with Crippen LogP contribution in [0.1, 0.15) is 26.2 Å². The molecule has 1 aliphatic rings. The largest absolute Gasteiger partial charge is 0.431 e. The van der Waals surface area contributed by atoms with Gasteiger partial charge in [0.05, 0.1) is 5.25 Å². The van der Waals surface area contributed by atoms with Gasteiger partial charge in [-0.05, 0) is 26.2 Å². The first-order valence-electron chi connectivity index (χ1n) is 9.79. The Morgan fingerprint density at radius 2 is 1.57 bits per heavy atom. The summed E-state index contributed by atoms with van der Waals surface area (Å²) in [5.74, 6) is 0.914. The number of hydrogen-bond donors (Lipinski definition) is 0. The van der Waals surface area contributed by atoms with Crippen LogP contribution in [0.5, 0.6) is 0 Å². The molecule has 1 aliphatic heterocycles. The third-order valence-electron chi connectivity index (χ3n) is 4.98. The molecule has 1 saturated heterocycles. The highest BCUT2D eigenvalue weighted by atomic mass is 32.2. The van der Waals surface area contributed by atoms with E-state index in [0.717, 1.165) is 48.5 Å². The fourth-order valence-corrected chi connectivity index (χ4v) is 4.33. The van der Waals surface area contributed by atoms with Crippen molar-refractivity contribution in [3.8, 4) is 22.6 Å². The minimum Gasteiger partial charge on any atom is -0.431 e. The lowest BCUT2D eigenvalue weighted by atomic mass is 10.1. The molecule has 28 heavy (non-hydrogen) atoms. The van der Waals surface area contributed by atoms with Gasteiger partial charge in [-0.25, -0.2) is 4.98 Å². The highest BCUT2D eigenvalue weighted by Gasteiger charge is 2.26. The molecule has 2 heterocycles. The first-order valence-corrected chi connectivity index (χ1v) is 10.7. The minimum atomic E-state index is -0.219. The number of benzene rings is 2. The Hall–Kier alpha value is -2.53. The molecular weight excluding hydrogens is 368 g/mol. The molecule has 0 radical (unpaired) electrons. The van der Waals surface area contributed by atoms with Gasteiger partial charge in [-0.1, -0.05) is 72.4 Å². The van der Waals surface area contributed by atoms with Crippen molar-refractivity contribution in [2.45, 2.75) is 36.7 Å². The number of thioether (sulfide) groups is 1. The second-order valence-corrected chi connectivity index (χ2v) is 8.33. The van der Waals surface area contributed by atoms with Crippen LogP contribution in [0.15, 0.2) is 70.3 Å². The number of carbonyl (C=O) groups is 1. The topological polar surface area (TPSA) is 46.3 Å². The van der Waals surface area contributed by atoms with Crippen molar-refractivity contribution in [2.24, 2.45) is 0 Å². The van der Waals surface area contributed by atoms with E-state index in [9.17, 15) is 4.79 Å². The zero-order valence-electron chi connectivity index (χ0n) is 16.0. The molecule has 4 nitrogen and oxygen atoms in total. The van der Waals surface area contributed by atoms with E-state index in [1.54, 1.807) is 0 Å². The van der Waals surface area contributed by atoms with Crippen LogP contribution in [0.25, 0.3) is 22.6 Å². The van der Waals surface area contributed by atoms with Crippen molar-refractivity contribution >= 4 is 17.7 Å². The first-order chi connectivity index (χ1) is 13.7. The van der Waals surface area contributed by atoms with Gasteiger partial charge in [-0.15, -0.1) is 0 Å². The number of aromatic nitrogens is 1. The highest BCUT2D eigenvalue weighted by molar-refractivity contribution is 8.00.